The second-order valence-corrected chi connectivity index (χ2v) is 7.18. The molecule has 25 heavy (non-hydrogen) atoms. The Labute approximate surface area is 153 Å². The van der Waals surface area contributed by atoms with E-state index >= 15 is 0 Å². The van der Waals surface area contributed by atoms with Crippen LogP contribution in [-0.2, 0) is 9.47 Å². The van der Waals surface area contributed by atoms with E-state index in [9.17, 15) is 0 Å². The van der Waals surface area contributed by atoms with E-state index in [4.69, 9.17) is 9.47 Å². The number of nitrogens with one attached hydrogen (secondary N) is 2. The molecule has 6 nitrogen and oxygen atoms in total. The highest BCUT2D eigenvalue weighted by Gasteiger charge is 2.20. The van der Waals surface area contributed by atoms with Gasteiger partial charge in [-0.05, 0) is 38.6 Å². The van der Waals surface area contributed by atoms with Crippen LogP contribution in [0.4, 0.5) is 0 Å². The summed E-state index contributed by atoms with van der Waals surface area (Å²) in [5, 5.41) is 6.81. The number of guanidine groups is 1. The van der Waals surface area contributed by atoms with Crippen LogP contribution in [0.5, 0.6) is 0 Å². The fourth-order valence-electron chi connectivity index (χ4n) is 3.70. The monoisotopic (exact) mass is 354 g/mol. The van der Waals surface area contributed by atoms with Crippen molar-refractivity contribution in [1.29, 1.82) is 0 Å². The summed E-state index contributed by atoms with van der Waals surface area (Å²) in [4.78, 5) is 6.94. The van der Waals surface area contributed by atoms with Crippen LogP contribution in [-0.4, -0.2) is 76.6 Å². The molecular weight excluding hydrogens is 316 g/mol. The average molecular weight is 355 g/mol. The van der Waals surface area contributed by atoms with Gasteiger partial charge >= 0.3 is 0 Å². The summed E-state index contributed by atoms with van der Waals surface area (Å²) < 4.78 is 11.1. The van der Waals surface area contributed by atoms with Gasteiger partial charge in [0.1, 0.15) is 0 Å². The topological polar surface area (TPSA) is 58.1 Å². The van der Waals surface area contributed by atoms with Crippen LogP contribution in [0.1, 0.15) is 45.4 Å². The third kappa shape index (κ3) is 7.92. The number of piperidine rings is 1. The number of nitrogens with zero attached hydrogens (tertiary/aromatic N) is 2. The van der Waals surface area contributed by atoms with Crippen LogP contribution >= 0.6 is 0 Å². The van der Waals surface area contributed by atoms with E-state index in [1.807, 2.05) is 7.05 Å². The van der Waals surface area contributed by atoms with Crippen molar-refractivity contribution in [3.05, 3.63) is 0 Å². The lowest BCUT2D eigenvalue weighted by atomic mass is 10.0. The quantitative estimate of drug-likeness (QED) is 0.356. The van der Waals surface area contributed by atoms with Gasteiger partial charge in [0.2, 0.25) is 0 Å². The molecule has 0 radical (unpaired) electrons. The first-order valence-corrected chi connectivity index (χ1v) is 10.2. The molecule has 2 fully saturated rings. The predicted octanol–water partition coefficient (Wildman–Crippen LogP) is 1.86. The smallest absolute Gasteiger partial charge is 0.191 e. The minimum Gasteiger partial charge on any atom is -0.381 e. The molecule has 2 N–H and O–H groups in total. The molecule has 2 heterocycles. The zero-order valence-corrected chi connectivity index (χ0v) is 16.3. The van der Waals surface area contributed by atoms with Crippen molar-refractivity contribution in [2.24, 2.45) is 10.9 Å². The largest absolute Gasteiger partial charge is 0.381 e. The van der Waals surface area contributed by atoms with Crippen LogP contribution in [0.15, 0.2) is 4.99 Å². The fraction of sp³-hybridized carbons (Fsp3) is 0.947. The highest BCUT2D eigenvalue weighted by Crippen LogP contribution is 2.18. The molecular formula is C19H38N4O2. The van der Waals surface area contributed by atoms with E-state index in [1.165, 1.54) is 32.2 Å². The lowest BCUT2D eigenvalue weighted by molar-refractivity contribution is 0.0888. The summed E-state index contributed by atoms with van der Waals surface area (Å²) in [6.07, 6.45) is 7.50. The Kier molecular flexibility index (Phi) is 10.2. The van der Waals surface area contributed by atoms with Crippen molar-refractivity contribution in [3.63, 3.8) is 0 Å². The van der Waals surface area contributed by atoms with Gasteiger partial charge in [0.25, 0.3) is 0 Å². The lowest BCUT2D eigenvalue weighted by Gasteiger charge is -2.35. The molecule has 0 aliphatic carbocycles. The third-order valence-electron chi connectivity index (χ3n) is 5.27. The maximum atomic E-state index is 5.73. The molecule has 0 aromatic carbocycles. The minimum atomic E-state index is 0.601. The summed E-state index contributed by atoms with van der Waals surface area (Å²) in [5.74, 6) is 1.50. The van der Waals surface area contributed by atoms with Gasteiger partial charge in [-0.25, -0.2) is 0 Å². The molecule has 2 unspecified atom stereocenters. The van der Waals surface area contributed by atoms with E-state index < -0.39 is 0 Å². The molecule has 146 valence electrons. The first-order chi connectivity index (χ1) is 12.3. The Morgan fingerprint density at radius 2 is 2.12 bits per heavy atom. The molecule has 0 aromatic heterocycles. The van der Waals surface area contributed by atoms with E-state index in [-0.39, 0.29) is 0 Å². The van der Waals surface area contributed by atoms with Crippen molar-refractivity contribution >= 4 is 5.96 Å². The first kappa shape index (κ1) is 20.5. The molecule has 0 amide bonds. The van der Waals surface area contributed by atoms with E-state index in [1.54, 1.807) is 0 Å². The molecule has 2 aliphatic rings. The zero-order chi connectivity index (χ0) is 17.7. The predicted molar refractivity (Wildman–Crippen MR) is 103 cm³/mol. The van der Waals surface area contributed by atoms with Crippen molar-refractivity contribution in [2.75, 3.05) is 59.7 Å². The Bertz CT molecular complexity index is 372. The minimum absolute atomic E-state index is 0.601. The Morgan fingerprint density at radius 3 is 2.88 bits per heavy atom. The number of hydrogen-bond donors (Lipinski definition) is 2. The van der Waals surface area contributed by atoms with E-state index in [2.05, 4.69) is 27.4 Å². The number of hydrogen-bond acceptors (Lipinski definition) is 4. The molecule has 6 heteroatoms. The van der Waals surface area contributed by atoms with Gasteiger partial charge in [-0.15, -0.1) is 0 Å². The maximum absolute atomic E-state index is 5.73. The Hall–Kier alpha value is -0.850. The summed E-state index contributed by atoms with van der Waals surface area (Å²) in [7, 11) is 1.83. The van der Waals surface area contributed by atoms with Gasteiger partial charge in [-0.3, -0.25) is 9.89 Å². The van der Waals surface area contributed by atoms with Gasteiger partial charge in [0, 0.05) is 51.9 Å². The third-order valence-corrected chi connectivity index (χ3v) is 5.27. The highest BCUT2D eigenvalue weighted by atomic mass is 16.5. The van der Waals surface area contributed by atoms with Crippen molar-refractivity contribution < 1.29 is 9.47 Å². The molecule has 2 rings (SSSR count). The second kappa shape index (κ2) is 12.5. The SMILES string of the molecule is CCC1CCCCN1CCNC(=NC)NCCCOCC1CCOC1. The fourth-order valence-corrected chi connectivity index (χ4v) is 3.70. The number of ether oxygens (including phenoxy) is 2. The molecule has 2 atom stereocenters. The molecule has 0 spiro atoms. The van der Waals surface area contributed by atoms with E-state index in [0.29, 0.717) is 5.92 Å². The van der Waals surface area contributed by atoms with Gasteiger partial charge in [-0.1, -0.05) is 13.3 Å². The van der Waals surface area contributed by atoms with E-state index in [0.717, 1.165) is 70.9 Å². The molecule has 0 saturated carbocycles. The first-order valence-electron chi connectivity index (χ1n) is 10.2. The van der Waals surface area contributed by atoms with Gasteiger partial charge < -0.3 is 20.1 Å². The lowest BCUT2D eigenvalue weighted by Crippen LogP contribution is -2.46. The van der Waals surface area contributed by atoms with Gasteiger partial charge in [0.05, 0.1) is 13.2 Å². The Balaban J connectivity index is 1.48. The van der Waals surface area contributed by atoms with Crippen LogP contribution in [0.3, 0.4) is 0 Å². The standard InChI is InChI=1S/C19H38N4O2/c1-3-18-7-4-5-11-23(18)12-10-22-19(20-2)21-9-6-13-24-15-17-8-14-25-16-17/h17-18H,3-16H2,1-2H3,(H2,20,21,22). The number of rotatable bonds is 10. The summed E-state index contributed by atoms with van der Waals surface area (Å²) in [6.45, 7) is 9.89. The molecule has 2 saturated heterocycles. The summed E-state index contributed by atoms with van der Waals surface area (Å²) >= 11 is 0. The molecule has 0 aromatic rings. The average Bonchev–Trinajstić information content (AvgIpc) is 3.16. The van der Waals surface area contributed by atoms with Crippen LogP contribution in [0, 0.1) is 5.92 Å². The number of aliphatic imine (C=N–C) groups is 1. The Morgan fingerprint density at radius 1 is 1.24 bits per heavy atom. The summed E-state index contributed by atoms with van der Waals surface area (Å²) in [6, 6.07) is 0.771. The van der Waals surface area contributed by atoms with Crippen molar-refractivity contribution in [3.8, 4) is 0 Å². The normalized spacial score (nSPS) is 25.3. The van der Waals surface area contributed by atoms with Crippen molar-refractivity contribution in [2.45, 2.75) is 51.5 Å². The van der Waals surface area contributed by atoms with Crippen LogP contribution in [0.2, 0.25) is 0 Å². The van der Waals surface area contributed by atoms with Crippen LogP contribution < -0.4 is 10.6 Å². The highest BCUT2D eigenvalue weighted by molar-refractivity contribution is 5.79. The molecule has 0 bridgehead atoms. The summed E-state index contributed by atoms with van der Waals surface area (Å²) in [5.41, 5.74) is 0. The zero-order valence-electron chi connectivity index (χ0n) is 16.3. The van der Waals surface area contributed by atoms with Crippen molar-refractivity contribution in [1.82, 2.24) is 15.5 Å². The van der Waals surface area contributed by atoms with Gasteiger partial charge in [-0.2, -0.15) is 0 Å². The molecule has 2 aliphatic heterocycles. The van der Waals surface area contributed by atoms with Crippen LogP contribution in [0.25, 0.3) is 0 Å². The second-order valence-electron chi connectivity index (χ2n) is 7.18. The van der Waals surface area contributed by atoms with Gasteiger partial charge in [0.15, 0.2) is 5.96 Å². The number of likely N-dealkylation sites (tertiary alicyclic amines) is 1. The maximum Gasteiger partial charge on any atom is 0.191 e.